The molecular formula is C33H29F4N7O2. The molecular weight excluding hydrogens is 602 g/mol. The predicted octanol–water partition coefficient (Wildman–Crippen LogP) is 5.76. The topological polar surface area (TPSA) is 88.7 Å². The third kappa shape index (κ3) is 6.73. The zero-order valence-electron chi connectivity index (χ0n) is 25.0. The molecule has 0 spiro atoms. The number of hydrogen-bond acceptors (Lipinski definition) is 6. The molecule has 1 aliphatic rings. The number of benzene rings is 2. The van der Waals surface area contributed by atoms with Gasteiger partial charge < -0.3 is 15.4 Å². The number of morpholine rings is 1. The number of imidazole rings is 1. The number of aromatic nitrogens is 4. The SMILES string of the molecule is Cc1cc(F)c(C(=O)Nc2ccc(CN3CCOCC3)c(C(F)(F)F)c2)cc1C#Cc1cnc2c(Nc3cnn(C)c3)cccn12. The van der Waals surface area contributed by atoms with Crippen molar-refractivity contribution in [3.8, 4) is 11.8 Å². The molecule has 9 nitrogen and oxygen atoms in total. The van der Waals surface area contributed by atoms with Gasteiger partial charge in [0.25, 0.3) is 5.91 Å². The summed E-state index contributed by atoms with van der Waals surface area (Å²) in [6.45, 7) is 3.70. The molecule has 0 saturated carbocycles. The zero-order valence-corrected chi connectivity index (χ0v) is 25.0. The number of nitrogens with zero attached hydrogens (tertiary/aromatic N) is 5. The van der Waals surface area contributed by atoms with Gasteiger partial charge in [-0.15, -0.1) is 0 Å². The highest BCUT2D eigenvalue weighted by molar-refractivity contribution is 6.04. The third-order valence-corrected chi connectivity index (χ3v) is 7.57. The van der Waals surface area contributed by atoms with E-state index in [1.807, 2.05) is 30.3 Å². The van der Waals surface area contributed by atoms with E-state index in [9.17, 15) is 22.4 Å². The minimum absolute atomic E-state index is 0.0823. The van der Waals surface area contributed by atoms with Crippen LogP contribution in [0.5, 0.6) is 0 Å². The fourth-order valence-corrected chi connectivity index (χ4v) is 5.21. The number of halogens is 4. The maximum atomic E-state index is 15.0. The van der Waals surface area contributed by atoms with Crippen LogP contribution < -0.4 is 10.6 Å². The van der Waals surface area contributed by atoms with Crippen LogP contribution in [0.25, 0.3) is 5.65 Å². The second kappa shape index (κ2) is 12.7. The number of alkyl halides is 3. The minimum atomic E-state index is -4.65. The van der Waals surface area contributed by atoms with Crippen LogP contribution in [-0.4, -0.2) is 56.3 Å². The summed E-state index contributed by atoms with van der Waals surface area (Å²) in [6, 6.07) is 9.78. The molecule has 2 N–H and O–H groups in total. The summed E-state index contributed by atoms with van der Waals surface area (Å²) in [6.07, 6.45) is 2.28. The van der Waals surface area contributed by atoms with Crippen molar-refractivity contribution in [2.75, 3.05) is 36.9 Å². The number of amides is 1. The molecule has 3 aromatic heterocycles. The molecule has 0 unspecified atom stereocenters. The van der Waals surface area contributed by atoms with Crippen LogP contribution in [0.15, 0.2) is 67.3 Å². The molecule has 4 heterocycles. The third-order valence-electron chi connectivity index (χ3n) is 7.57. The highest BCUT2D eigenvalue weighted by Gasteiger charge is 2.34. The van der Waals surface area contributed by atoms with Crippen LogP contribution in [0.4, 0.5) is 34.6 Å². The molecule has 46 heavy (non-hydrogen) atoms. The highest BCUT2D eigenvalue weighted by atomic mass is 19.4. The lowest BCUT2D eigenvalue weighted by molar-refractivity contribution is -0.138. The van der Waals surface area contributed by atoms with Gasteiger partial charge in [-0.3, -0.25) is 18.8 Å². The van der Waals surface area contributed by atoms with Gasteiger partial charge in [0.2, 0.25) is 0 Å². The van der Waals surface area contributed by atoms with Crippen molar-refractivity contribution >= 4 is 28.6 Å². The lowest BCUT2D eigenvalue weighted by Gasteiger charge is -2.27. The molecule has 236 valence electrons. The van der Waals surface area contributed by atoms with E-state index in [0.29, 0.717) is 48.8 Å². The van der Waals surface area contributed by atoms with Crippen molar-refractivity contribution in [3.05, 3.63) is 107 Å². The van der Waals surface area contributed by atoms with E-state index < -0.39 is 23.5 Å². The van der Waals surface area contributed by atoms with Gasteiger partial charge in [0, 0.05) is 50.3 Å². The zero-order chi connectivity index (χ0) is 32.4. The van der Waals surface area contributed by atoms with Crippen LogP contribution in [0.3, 0.4) is 0 Å². The number of pyridine rings is 1. The Morgan fingerprint density at radius 3 is 2.61 bits per heavy atom. The van der Waals surface area contributed by atoms with Gasteiger partial charge in [-0.05, 0) is 60.4 Å². The Morgan fingerprint density at radius 2 is 1.87 bits per heavy atom. The van der Waals surface area contributed by atoms with Crippen molar-refractivity contribution in [2.45, 2.75) is 19.6 Å². The van der Waals surface area contributed by atoms with Gasteiger partial charge in [0.05, 0.1) is 48.1 Å². The second-order valence-electron chi connectivity index (χ2n) is 10.9. The Hall–Kier alpha value is -5.19. The summed E-state index contributed by atoms with van der Waals surface area (Å²) in [5.41, 5.74) is 2.35. The van der Waals surface area contributed by atoms with Gasteiger partial charge in [-0.25, -0.2) is 9.37 Å². The van der Waals surface area contributed by atoms with Crippen LogP contribution in [-0.2, 0) is 24.5 Å². The van der Waals surface area contributed by atoms with Crippen molar-refractivity contribution < 1.29 is 27.1 Å². The van der Waals surface area contributed by atoms with E-state index in [2.05, 4.69) is 32.6 Å². The summed E-state index contributed by atoms with van der Waals surface area (Å²) in [5, 5.41) is 9.85. The minimum Gasteiger partial charge on any atom is -0.379 e. The Morgan fingerprint density at radius 1 is 1.07 bits per heavy atom. The Bertz CT molecular complexity index is 1980. The number of fused-ring (bicyclic) bond motifs is 1. The van der Waals surface area contributed by atoms with E-state index in [-0.39, 0.29) is 23.4 Å². The lowest BCUT2D eigenvalue weighted by Crippen LogP contribution is -2.36. The van der Waals surface area contributed by atoms with Crippen molar-refractivity contribution in [2.24, 2.45) is 7.05 Å². The van der Waals surface area contributed by atoms with Crippen molar-refractivity contribution in [3.63, 3.8) is 0 Å². The first kappa shape index (κ1) is 30.8. The summed E-state index contributed by atoms with van der Waals surface area (Å²) >= 11 is 0. The van der Waals surface area contributed by atoms with Crippen LogP contribution >= 0.6 is 0 Å². The average Bonchev–Trinajstić information content (AvgIpc) is 3.63. The molecule has 6 rings (SSSR count). The number of carbonyl (C=O) groups excluding carboxylic acids is 1. The molecule has 0 atom stereocenters. The standard InChI is InChI=1S/C33H29F4N7O2/c1-21-14-29(34)27(32(45)41-24-7-5-23(28(16-24)33(35,36)37)19-43-10-12-46-13-11-43)15-22(21)6-8-26-18-38-31-30(4-3-9-44(26)31)40-25-17-39-42(2)20-25/h3-5,7,9,14-18,20,40H,10-13,19H2,1-2H3,(H,41,45). The first-order valence-corrected chi connectivity index (χ1v) is 14.4. The fraction of sp³-hybridized carbons (Fsp3) is 0.242. The Kier molecular flexibility index (Phi) is 8.48. The van der Waals surface area contributed by atoms with E-state index in [1.165, 1.54) is 24.3 Å². The van der Waals surface area contributed by atoms with Crippen molar-refractivity contribution in [1.29, 1.82) is 0 Å². The van der Waals surface area contributed by atoms with E-state index >= 15 is 0 Å². The van der Waals surface area contributed by atoms with Gasteiger partial charge in [0.1, 0.15) is 11.5 Å². The first-order valence-electron chi connectivity index (χ1n) is 14.4. The maximum absolute atomic E-state index is 15.0. The van der Waals surface area contributed by atoms with Gasteiger partial charge in [-0.1, -0.05) is 12.0 Å². The smallest absolute Gasteiger partial charge is 0.379 e. The molecule has 0 bridgehead atoms. The number of ether oxygens (including phenoxy) is 1. The summed E-state index contributed by atoms with van der Waals surface area (Å²) in [4.78, 5) is 19.5. The van der Waals surface area contributed by atoms with Crippen LogP contribution in [0, 0.1) is 24.6 Å². The summed E-state index contributed by atoms with van der Waals surface area (Å²) in [7, 11) is 1.82. The maximum Gasteiger partial charge on any atom is 0.416 e. The van der Waals surface area contributed by atoms with E-state index in [0.717, 1.165) is 17.4 Å². The fourth-order valence-electron chi connectivity index (χ4n) is 5.21. The Balaban J connectivity index is 1.24. The first-order chi connectivity index (χ1) is 22.0. The largest absolute Gasteiger partial charge is 0.416 e. The van der Waals surface area contributed by atoms with Gasteiger partial charge in [0.15, 0.2) is 5.65 Å². The normalized spacial score (nSPS) is 13.8. The molecule has 1 fully saturated rings. The van der Waals surface area contributed by atoms with E-state index in [4.69, 9.17) is 4.74 Å². The monoisotopic (exact) mass is 631 g/mol. The van der Waals surface area contributed by atoms with Gasteiger partial charge >= 0.3 is 6.18 Å². The highest BCUT2D eigenvalue weighted by Crippen LogP contribution is 2.35. The molecule has 5 aromatic rings. The quantitative estimate of drug-likeness (QED) is 0.183. The molecule has 1 amide bonds. The number of aryl methyl sites for hydroxylation is 2. The second-order valence-corrected chi connectivity index (χ2v) is 10.9. The number of anilines is 3. The van der Waals surface area contributed by atoms with Crippen LogP contribution in [0.2, 0.25) is 0 Å². The molecule has 0 radical (unpaired) electrons. The lowest BCUT2D eigenvalue weighted by atomic mass is 10.0. The van der Waals surface area contributed by atoms with Crippen LogP contribution in [0.1, 0.15) is 38.3 Å². The average molecular weight is 632 g/mol. The molecule has 2 aromatic carbocycles. The molecule has 13 heteroatoms. The number of nitrogens with one attached hydrogen (secondary N) is 2. The number of carbonyl (C=O) groups is 1. The van der Waals surface area contributed by atoms with E-state index in [1.54, 1.807) is 34.6 Å². The molecule has 1 saturated heterocycles. The summed E-state index contributed by atoms with van der Waals surface area (Å²) in [5.74, 6) is 4.31. The van der Waals surface area contributed by atoms with Gasteiger partial charge in [-0.2, -0.15) is 18.3 Å². The Labute approximate surface area is 261 Å². The summed E-state index contributed by atoms with van der Waals surface area (Å²) < 4.78 is 65.7. The number of hydrogen-bond donors (Lipinski definition) is 2. The number of rotatable bonds is 6. The van der Waals surface area contributed by atoms with Crippen molar-refractivity contribution in [1.82, 2.24) is 24.1 Å². The predicted molar refractivity (Wildman–Crippen MR) is 164 cm³/mol. The molecule has 0 aliphatic carbocycles. The molecule has 1 aliphatic heterocycles.